The highest BCUT2D eigenvalue weighted by molar-refractivity contribution is 7.88. The molecule has 2 aliphatic carbocycles. The smallest absolute Gasteiger partial charge is 0.209 e. The van der Waals surface area contributed by atoms with Gasteiger partial charge in [0.05, 0.1) is 19.0 Å². The van der Waals surface area contributed by atoms with Gasteiger partial charge in [0, 0.05) is 17.6 Å². The molecule has 2 N–H and O–H groups in total. The fraction of sp³-hybridized carbons (Fsp3) is 0.700. The summed E-state index contributed by atoms with van der Waals surface area (Å²) in [6.07, 6.45) is 9.22. The van der Waals surface area contributed by atoms with Crippen molar-refractivity contribution in [3.8, 4) is 0 Å². The van der Waals surface area contributed by atoms with Gasteiger partial charge in [-0.05, 0) is 56.4 Å². The van der Waals surface area contributed by atoms with E-state index in [0.717, 1.165) is 32.1 Å². The summed E-state index contributed by atoms with van der Waals surface area (Å²) in [4.78, 5) is 0. The van der Waals surface area contributed by atoms with E-state index in [1.54, 1.807) is 0 Å². The highest BCUT2D eigenvalue weighted by Crippen LogP contribution is 2.45. The Morgan fingerprint density at radius 2 is 1.85 bits per heavy atom. The number of ether oxygens (including phenoxy) is 1. The second kappa shape index (κ2) is 7.23. The lowest BCUT2D eigenvalue weighted by atomic mass is 9.83. The fourth-order valence-electron chi connectivity index (χ4n) is 4.70. The molecule has 1 heterocycles. The van der Waals surface area contributed by atoms with Gasteiger partial charge >= 0.3 is 0 Å². The molecular weight excluding hydrogens is 348 g/mol. The third-order valence-corrected chi connectivity index (χ3v) is 6.99. The first-order chi connectivity index (χ1) is 12.4. The van der Waals surface area contributed by atoms with Crippen LogP contribution >= 0.6 is 0 Å². The van der Waals surface area contributed by atoms with Crippen LogP contribution in [0, 0.1) is 0 Å². The lowest BCUT2D eigenvalue weighted by Gasteiger charge is -2.30. The van der Waals surface area contributed by atoms with Gasteiger partial charge in [0.2, 0.25) is 10.0 Å². The lowest BCUT2D eigenvalue weighted by Crippen LogP contribution is -2.46. The second-order valence-electron chi connectivity index (χ2n) is 8.45. The van der Waals surface area contributed by atoms with Gasteiger partial charge < -0.3 is 10.1 Å². The molecule has 2 atom stereocenters. The Morgan fingerprint density at radius 3 is 2.46 bits per heavy atom. The molecule has 0 unspecified atom stereocenters. The second-order valence-corrected chi connectivity index (χ2v) is 10.2. The number of benzene rings is 1. The Kier molecular flexibility index (Phi) is 5.12. The molecule has 6 heteroatoms. The van der Waals surface area contributed by atoms with Gasteiger partial charge in [-0.25, -0.2) is 13.1 Å². The molecule has 0 radical (unpaired) electrons. The predicted octanol–water partition coefficient (Wildman–Crippen LogP) is 2.54. The minimum Gasteiger partial charge on any atom is -0.377 e. The topological polar surface area (TPSA) is 67.4 Å². The zero-order chi connectivity index (χ0) is 18.2. The van der Waals surface area contributed by atoms with E-state index in [-0.39, 0.29) is 17.6 Å². The zero-order valence-electron chi connectivity index (χ0n) is 15.5. The number of hydrogen-bond donors (Lipinski definition) is 2. The summed E-state index contributed by atoms with van der Waals surface area (Å²) in [6, 6.07) is 10.8. The van der Waals surface area contributed by atoms with Gasteiger partial charge in [-0.1, -0.05) is 30.3 Å². The van der Waals surface area contributed by atoms with E-state index in [9.17, 15) is 8.42 Å². The van der Waals surface area contributed by atoms with Gasteiger partial charge in [0.1, 0.15) is 0 Å². The van der Waals surface area contributed by atoms with E-state index < -0.39 is 10.0 Å². The summed E-state index contributed by atoms with van der Waals surface area (Å²) >= 11 is 0. The fourth-order valence-corrected chi connectivity index (χ4v) is 5.50. The predicted molar refractivity (Wildman–Crippen MR) is 103 cm³/mol. The normalized spacial score (nSPS) is 33.4. The summed E-state index contributed by atoms with van der Waals surface area (Å²) in [7, 11) is -3.19. The minimum atomic E-state index is -3.19. The van der Waals surface area contributed by atoms with Crippen LogP contribution in [-0.2, 0) is 14.8 Å². The average molecular weight is 379 g/mol. The first kappa shape index (κ1) is 18.4. The first-order valence-corrected chi connectivity index (χ1v) is 11.7. The van der Waals surface area contributed by atoms with Crippen molar-refractivity contribution in [2.45, 2.75) is 74.6 Å². The SMILES string of the molecule is CS(=O)(=O)N[C@H]1CC2(CC2)N[C@H]1CO[C@H]1CC[C@@H](c2ccccc2)CC1. The molecule has 1 aromatic carbocycles. The van der Waals surface area contributed by atoms with Crippen LogP contribution in [0.5, 0.6) is 0 Å². The van der Waals surface area contributed by atoms with Crippen LogP contribution in [0.1, 0.15) is 56.4 Å². The van der Waals surface area contributed by atoms with Crippen LogP contribution in [0.4, 0.5) is 0 Å². The summed E-state index contributed by atoms with van der Waals surface area (Å²) in [6.45, 7) is 0.593. The number of hydrogen-bond acceptors (Lipinski definition) is 4. The molecule has 0 bridgehead atoms. The maximum atomic E-state index is 11.7. The molecule has 0 aromatic heterocycles. The molecule has 3 aliphatic rings. The zero-order valence-corrected chi connectivity index (χ0v) is 16.3. The van der Waals surface area contributed by atoms with Crippen molar-refractivity contribution in [2.24, 2.45) is 0 Å². The molecular formula is C20H30N2O3S. The van der Waals surface area contributed by atoms with Gasteiger partial charge in [0.25, 0.3) is 0 Å². The van der Waals surface area contributed by atoms with Crippen molar-refractivity contribution < 1.29 is 13.2 Å². The molecule has 1 saturated heterocycles. The van der Waals surface area contributed by atoms with Crippen molar-refractivity contribution >= 4 is 10.0 Å². The van der Waals surface area contributed by atoms with Gasteiger partial charge in [-0.3, -0.25) is 0 Å². The van der Waals surface area contributed by atoms with Crippen molar-refractivity contribution in [1.29, 1.82) is 0 Å². The molecule has 1 aliphatic heterocycles. The van der Waals surface area contributed by atoms with E-state index in [1.165, 1.54) is 24.7 Å². The van der Waals surface area contributed by atoms with E-state index in [4.69, 9.17) is 4.74 Å². The first-order valence-electron chi connectivity index (χ1n) is 9.84. The number of nitrogens with one attached hydrogen (secondary N) is 2. The van der Waals surface area contributed by atoms with Crippen molar-refractivity contribution in [3.63, 3.8) is 0 Å². The van der Waals surface area contributed by atoms with Gasteiger partial charge in [0.15, 0.2) is 0 Å². The van der Waals surface area contributed by atoms with Crippen molar-refractivity contribution in [2.75, 3.05) is 12.9 Å². The molecule has 5 nitrogen and oxygen atoms in total. The Labute approximate surface area is 156 Å². The van der Waals surface area contributed by atoms with E-state index >= 15 is 0 Å². The summed E-state index contributed by atoms with van der Waals surface area (Å²) in [5, 5.41) is 3.64. The largest absolute Gasteiger partial charge is 0.377 e. The van der Waals surface area contributed by atoms with Crippen LogP contribution in [0.3, 0.4) is 0 Å². The number of sulfonamides is 1. The average Bonchev–Trinajstić information content (AvgIpc) is 3.28. The third kappa shape index (κ3) is 4.47. The van der Waals surface area contributed by atoms with Gasteiger partial charge in [-0.2, -0.15) is 0 Å². The molecule has 1 spiro atoms. The maximum Gasteiger partial charge on any atom is 0.209 e. The highest BCUT2D eigenvalue weighted by atomic mass is 32.2. The summed E-state index contributed by atoms with van der Waals surface area (Å²) in [5.74, 6) is 0.648. The lowest BCUT2D eigenvalue weighted by molar-refractivity contribution is 0.0120. The van der Waals surface area contributed by atoms with E-state index in [2.05, 4.69) is 40.4 Å². The third-order valence-electron chi connectivity index (χ3n) is 6.26. The summed E-state index contributed by atoms with van der Waals surface area (Å²) < 4.78 is 32.4. The minimum absolute atomic E-state index is 0.0480. The molecule has 26 heavy (non-hydrogen) atoms. The van der Waals surface area contributed by atoms with E-state index in [0.29, 0.717) is 18.6 Å². The Hall–Kier alpha value is -0.950. The van der Waals surface area contributed by atoms with E-state index in [1.807, 2.05) is 0 Å². The molecule has 2 saturated carbocycles. The van der Waals surface area contributed by atoms with Crippen LogP contribution in [0.2, 0.25) is 0 Å². The quantitative estimate of drug-likeness (QED) is 0.798. The molecule has 0 amide bonds. The molecule has 144 valence electrons. The van der Waals surface area contributed by atoms with Gasteiger partial charge in [-0.15, -0.1) is 0 Å². The van der Waals surface area contributed by atoms with Crippen LogP contribution in [-0.4, -0.2) is 45.0 Å². The Balaban J connectivity index is 1.27. The highest BCUT2D eigenvalue weighted by Gasteiger charge is 2.53. The number of rotatable bonds is 6. The molecule has 4 rings (SSSR count). The molecule has 3 fully saturated rings. The van der Waals surface area contributed by atoms with Crippen LogP contribution in [0.15, 0.2) is 30.3 Å². The molecule has 1 aromatic rings. The van der Waals surface area contributed by atoms with Crippen molar-refractivity contribution in [1.82, 2.24) is 10.0 Å². The van der Waals surface area contributed by atoms with Crippen molar-refractivity contribution in [3.05, 3.63) is 35.9 Å². The Bertz CT molecular complexity index is 710. The monoisotopic (exact) mass is 378 g/mol. The van der Waals surface area contributed by atoms with Crippen LogP contribution in [0.25, 0.3) is 0 Å². The standard InChI is InChI=1S/C20H30N2O3S/c1-26(23,24)22-18-13-20(11-12-20)21-19(18)14-25-17-9-7-16(8-10-17)15-5-3-2-4-6-15/h2-6,16-19,21-22H,7-14H2,1H3/t16-,17+,18-,19-/m0/s1. The summed E-state index contributed by atoms with van der Waals surface area (Å²) in [5.41, 5.74) is 1.61. The Morgan fingerprint density at radius 1 is 1.15 bits per heavy atom. The van der Waals surface area contributed by atoms with Crippen LogP contribution < -0.4 is 10.0 Å². The maximum absolute atomic E-state index is 11.7.